The second kappa shape index (κ2) is 9.00. The van der Waals surface area contributed by atoms with Crippen molar-refractivity contribution in [3.8, 4) is 0 Å². The van der Waals surface area contributed by atoms with Crippen LogP contribution in [-0.2, 0) is 24.2 Å². The van der Waals surface area contributed by atoms with E-state index in [4.69, 9.17) is 9.84 Å². The highest BCUT2D eigenvalue weighted by atomic mass is 32.2. The third-order valence-electron chi connectivity index (χ3n) is 4.28. The fourth-order valence-corrected chi connectivity index (χ4v) is 4.75. The van der Waals surface area contributed by atoms with Gasteiger partial charge in [0.25, 0.3) is 0 Å². The van der Waals surface area contributed by atoms with E-state index in [0.29, 0.717) is 12.1 Å². The molecule has 0 saturated carbocycles. The lowest BCUT2D eigenvalue weighted by Crippen LogP contribution is -2.48. The minimum absolute atomic E-state index is 0.0615. The largest absolute Gasteiger partial charge is 0.480 e. The Labute approximate surface area is 153 Å². The van der Waals surface area contributed by atoms with E-state index in [9.17, 15) is 18.0 Å². The first-order valence-corrected chi connectivity index (χ1v) is 10.1. The molecule has 0 radical (unpaired) electrons. The van der Waals surface area contributed by atoms with Gasteiger partial charge in [-0.1, -0.05) is 18.2 Å². The number of hydrogen-bond donors (Lipinski definition) is 1. The highest BCUT2D eigenvalue weighted by molar-refractivity contribution is 7.91. The Morgan fingerprint density at radius 2 is 1.92 bits per heavy atom. The summed E-state index contributed by atoms with van der Waals surface area (Å²) < 4.78 is 28.6. The van der Waals surface area contributed by atoms with Gasteiger partial charge in [0.05, 0.1) is 24.7 Å². The number of nitrogens with zero attached hydrogens (tertiary/aromatic N) is 2. The Bertz CT molecular complexity index is 722. The molecule has 2 rings (SSSR count). The van der Waals surface area contributed by atoms with Crippen molar-refractivity contribution in [2.75, 3.05) is 49.8 Å². The maximum absolute atomic E-state index is 12.9. The van der Waals surface area contributed by atoms with Gasteiger partial charge in [0.1, 0.15) is 6.54 Å². The summed E-state index contributed by atoms with van der Waals surface area (Å²) in [5, 5.41) is 9.15. The van der Waals surface area contributed by atoms with Crippen molar-refractivity contribution >= 4 is 27.4 Å². The number of carbonyl (C=O) groups excluding carboxylic acids is 1. The first-order chi connectivity index (χ1) is 12.3. The normalized spacial score (nSPS) is 18.4. The Morgan fingerprint density at radius 1 is 1.23 bits per heavy atom. The van der Waals surface area contributed by atoms with E-state index in [2.05, 4.69) is 0 Å². The topological polar surface area (TPSA) is 104 Å². The Morgan fingerprint density at radius 3 is 2.46 bits per heavy atom. The van der Waals surface area contributed by atoms with Gasteiger partial charge in [-0.2, -0.15) is 0 Å². The molecule has 1 heterocycles. The fourth-order valence-electron chi connectivity index (χ4n) is 3.02. The molecule has 1 aliphatic rings. The maximum atomic E-state index is 12.9. The van der Waals surface area contributed by atoms with E-state index < -0.39 is 21.8 Å². The van der Waals surface area contributed by atoms with Gasteiger partial charge in [0.15, 0.2) is 9.84 Å². The van der Waals surface area contributed by atoms with Gasteiger partial charge < -0.3 is 19.6 Å². The van der Waals surface area contributed by atoms with Crippen LogP contribution in [0.3, 0.4) is 0 Å². The molecule has 1 aromatic rings. The monoisotopic (exact) mass is 384 g/mol. The van der Waals surface area contributed by atoms with Crippen LogP contribution in [0, 0.1) is 0 Å². The van der Waals surface area contributed by atoms with E-state index in [1.54, 1.807) is 30.3 Å². The van der Waals surface area contributed by atoms with Crippen LogP contribution in [0.2, 0.25) is 0 Å². The first kappa shape index (κ1) is 20.2. The van der Waals surface area contributed by atoms with Crippen LogP contribution in [0.1, 0.15) is 6.42 Å². The predicted octanol–water partition coefficient (Wildman–Crippen LogP) is 0.240. The second-order valence-corrected chi connectivity index (χ2v) is 8.45. The van der Waals surface area contributed by atoms with Crippen LogP contribution in [0.5, 0.6) is 0 Å². The number of anilines is 1. The molecule has 1 aliphatic heterocycles. The number of carboxylic acids is 1. The van der Waals surface area contributed by atoms with Crippen molar-refractivity contribution in [2.24, 2.45) is 0 Å². The lowest BCUT2D eigenvalue weighted by molar-refractivity contribution is -0.135. The number of carbonyl (C=O) groups is 2. The summed E-state index contributed by atoms with van der Waals surface area (Å²) in [6.45, 7) is 0.0885. The number of ether oxygens (including phenoxy) is 1. The van der Waals surface area contributed by atoms with Gasteiger partial charge >= 0.3 is 5.97 Å². The molecule has 1 fully saturated rings. The minimum atomic E-state index is -3.14. The van der Waals surface area contributed by atoms with Crippen LogP contribution in [0.4, 0.5) is 5.69 Å². The quantitative estimate of drug-likeness (QED) is 0.650. The minimum Gasteiger partial charge on any atom is -0.480 e. The van der Waals surface area contributed by atoms with Crippen molar-refractivity contribution in [2.45, 2.75) is 12.5 Å². The van der Waals surface area contributed by atoms with Gasteiger partial charge in [-0.15, -0.1) is 0 Å². The van der Waals surface area contributed by atoms with Crippen LogP contribution in [0.15, 0.2) is 30.3 Å². The number of carboxylic acid groups (broad SMARTS) is 1. The Kier molecular flexibility index (Phi) is 6.98. The second-order valence-electron chi connectivity index (χ2n) is 6.22. The van der Waals surface area contributed by atoms with Crippen LogP contribution in [0.25, 0.3) is 0 Å². The Balaban J connectivity index is 2.15. The summed E-state index contributed by atoms with van der Waals surface area (Å²) in [5.41, 5.74) is 0.619. The summed E-state index contributed by atoms with van der Waals surface area (Å²) in [7, 11) is -1.63. The van der Waals surface area contributed by atoms with Crippen LogP contribution >= 0.6 is 0 Å². The van der Waals surface area contributed by atoms with Gasteiger partial charge in [-0.3, -0.25) is 9.59 Å². The fraction of sp³-hybridized carbons (Fsp3) is 0.529. The standard InChI is InChI=1S/C17H24N2O6S/c1-25-9-8-19(15-7-10-26(23,24)13-15)16(20)11-18(12-17(21)22)14-5-3-2-4-6-14/h2-6,15H,7-13H2,1H3,(H,21,22). The van der Waals surface area contributed by atoms with Gasteiger partial charge in [0, 0.05) is 25.4 Å². The number of benzene rings is 1. The zero-order valence-corrected chi connectivity index (χ0v) is 15.5. The molecule has 1 amide bonds. The summed E-state index contributed by atoms with van der Waals surface area (Å²) in [6.07, 6.45) is 0.391. The van der Waals surface area contributed by atoms with Crippen LogP contribution < -0.4 is 4.90 Å². The lowest BCUT2D eigenvalue weighted by Gasteiger charge is -2.31. The molecule has 144 valence electrons. The smallest absolute Gasteiger partial charge is 0.323 e. The highest BCUT2D eigenvalue weighted by Crippen LogP contribution is 2.19. The van der Waals surface area contributed by atoms with Crippen molar-refractivity contribution in [3.05, 3.63) is 30.3 Å². The zero-order valence-electron chi connectivity index (χ0n) is 14.7. The number of rotatable bonds is 9. The number of methoxy groups -OCH3 is 1. The third-order valence-corrected chi connectivity index (χ3v) is 6.03. The van der Waals surface area contributed by atoms with E-state index >= 15 is 0 Å². The van der Waals surface area contributed by atoms with Gasteiger partial charge in [-0.05, 0) is 18.6 Å². The summed E-state index contributed by atoms with van der Waals surface area (Å²) in [4.78, 5) is 27.0. The molecular formula is C17H24N2O6S. The van der Waals surface area contributed by atoms with Crippen molar-refractivity contribution < 1.29 is 27.9 Å². The average molecular weight is 384 g/mol. The van der Waals surface area contributed by atoms with Crippen molar-refractivity contribution in [1.82, 2.24) is 4.90 Å². The van der Waals surface area contributed by atoms with Gasteiger partial charge in [0.2, 0.25) is 5.91 Å². The predicted molar refractivity (Wildman–Crippen MR) is 96.9 cm³/mol. The highest BCUT2D eigenvalue weighted by Gasteiger charge is 2.35. The molecule has 9 heteroatoms. The van der Waals surface area contributed by atoms with Crippen molar-refractivity contribution in [3.63, 3.8) is 0 Å². The Hall–Kier alpha value is -2.13. The number of sulfone groups is 1. The zero-order chi connectivity index (χ0) is 19.2. The molecule has 0 aromatic heterocycles. The molecule has 1 aromatic carbocycles. The number of para-hydroxylation sites is 1. The van der Waals surface area contributed by atoms with E-state index in [1.807, 2.05) is 0 Å². The summed E-state index contributed by atoms with van der Waals surface area (Å²) in [6, 6.07) is 8.40. The lowest BCUT2D eigenvalue weighted by atomic mass is 10.2. The molecule has 26 heavy (non-hydrogen) atoms. The van der Waals surface area contributed by atoms with Crippen LogP contribution in [-0.4, -0.2) is 81.2 Å². The first-order valence-electron chi connectivity index (χ1n) is 8.33. The molecule has 0 aliphatic carbocycles. The molecular weight excluding hydrogens is 360 g/mol. The molecule has 1 unspecified atom stereocenters. The maximum Gasteiger partial charge on any atom is 0.323 e. The van der Waals surface area contributed by atoms with Gasteiger partial charge in [-0.25, -0.2) is 8.42 Å². The van der Waals surface area contributed by atoms with Crippen molar-refractivity contribution in [1.29, 1.82) is 0 Å². The molecule has 0 bridgehead atoms. The SMILES string of the molecule is COCCN(C(=O)CN(CC(=O)O)c1ccccc1)C1CCS(=O)(=O)C1. The number of aliphatic carboxylic acids is 1. The molecule has 0 spiro atoms. The number of amides is 1. The average Bonchev–Trinajstić information content (AvgIpc) is 2.94. The molecule has 1 atom stereocenters. The van der Waals surface area contributed by atoms with E-state index in [-0.39, 0.29) is 43.7 Å². The molecule has 1 saturated heterocycles. The molecule has 1 N–H and O–H groups in total. The molecule has 8 nitrogen and oxygen atoms in total. The summed E-state index contributed by atoms with van der Waals surface area (Å²) in [5.74, 6) is -1.36. The summed E-state index contributed by atoms with van der Waals surface area (Å²) >= 11 is 0. The van der Waals surface area contributed by atoms with E-state index in [0.717, 1.165) is 0 Å². The third kappa shape index (κ3) is 5.70. The number of hydrogen-bond acceptors (Lipinski definition) is 6. The van der Waals surface area contributed by atoms with E-state index in [1.165, 1.54) is 16.9 Å².